The third-order valence-electron chi connectivity index (χ3n) is 2.34. The Balaban J connectivity index is 2.68. The van der Waals surface area contributed by atoms with Gasteiger partial charge in [-0.25, -0.2) is 4.39 Å². The molecule has 4 heteroatoms. The molecule has 1 unspecified atom stereocenters. The van der Waals surface area contributed by atoms with E-state index in [1.54, 1.807) is 13.2 Å². The molecule has 1 rings (SSSR count). The first-order chi connectivity index (χ1) is 7.67. The number of ether oxygens (including phenoxy) is 1. The van der Waals surface area contributed by atoms with E-state index in [1.807, 2.05) is 6.92 Å². The average molecular weight is 246 g/mol. The predicted octanol–water partition coefficient (Wildman–Crippen LogP) is 2.65. The van der Waals surface area contributed by atoms with Crippen LogP contribution in [0, 0.1) is 5.82 Å². The first-order valence-corrected chi connectivity index (χ1v) is 5.71. The molecular weight excluding hydrogens is 229 g/mol. The van der Waals surface area contributed by atoms with Gasteiger partial charge in [-0.05, 0) is 30.7 Å². The van der Waals surface area contributed by atoms with Gasteiger partial charge in [-0.3, -0.25) is 0 Å². The first-order valence-electron chi connectivity index (χ1n) is 5.33. The summed E-state index contributed by atoms with van der Waals surface area (Å²) in [5.41, 5.74) is 0.936. The molecule has 1 aromatic carbocycles. The molecule has 0 aliphatic carbocycles. The molecule has 1 aromatic rings. The Hall–Kier alpha value is -0.640. The number of halogens is 2. The van der Waals surface area contributed by atoms with Crippen LogP contribution in [0.5, 0.6) is 0 Å². The van der Waals surface area contributed by atoms with E-state index in [0.29, 0.717) is 11.6 Å². The standard InChI is InChI=1S/C12H17ClFNO/c1-3-15-11(8-16-2)6-9-4-5-10(14)7-12(9)13/h4-5,7,11,15H,3,6,8H2,1-2H3. The summed E-state index contributed by atoms with van der Waals surface area (Å²) >= 11 is 5.97. The smallest absolute Gasteiger partial charge is 0.124 e. The lowest BCUT2D eigenvalue weighted by Gasteiger charge is -2.17. The second kappa shape index (κ2) is 6.84. The van der Waals surface area contributed by atoms with Gasteiger partial charge in [-0.1, -0.05) is 24.6 Å². The van der Waals surface area contributed by atoms with Gasteiger partial charge in [0.15, 0.2) is 0 Å². The van der Waals surface area contributed by atoms with E-state index in [-0.39, 0.29) is 11.9 Å². The largest absolute Gasteiger partial charge is 0.383 e. The molecule has 1 atom stereocenters. The minimum atomic E-state index is -0.305. The lowest BCUT2D eigenvalue weighted by atomic mass is 10.1. The van der Waals surface area contributed by atoms with Crippen LogP contribution >= 0.6 is 11.6 Å². The summed E-state index contributed by atoms with van der Waals surface area (Å²) in [5.74, 6) is -0.305. The zero-order valence-corrected chi connectivity index (χ0v) is 10.4. The van der Waals surface area contributed by atoms with Crippen molar-refractivity contribution in [2.24, 2.45) is 0 Å². The number of hydrogen-bond acceptors (Lipinski definition) is 2. The molecule has 2 nitrogen and oxygen atoms in total. The highest BCUT2D eigenvalue weighted by Gasteiger charge is 2.10. The van der Waals surface area contributed by atoms with Crippen molar-refractivity contribution in [1.29, 1.82) is 0 Å². The van der Waals surface area contributed by atoms with Gasteiger partial charge in [-0.2, -0.15) is 0 Å². The molecule has 0 saturated heterocycles. The number of nitrogens with one attached hydrogen (secondary N) is 1. The molecule has 0 saturated carbocycles. The summed E-state index contributed by atoms with van der Waals surface area (Å²) in [4.78, 5) is 0. The summed E-state index contributed by atoms with van der Waals surface area (Å²) < 4.78 is 18.0. The Morgan fingerprint density at radius 1 is 1.50 bits per heavy atom. The molecule has 0 spiro atoms. The average Bonchev–Trinajstić information content (AvgIpc) is 2.23. The molecule has 0 radical (unpaired) electrons. The molecular formula is C12H17ClFNO. The highest BCUT2D eigenvalue weighted by molar-refractivity contribution is 6.31. The van der Waals surface area contributed by atoms with Gasteiger partial charge in [0.1, 0.15) is 5.82 Å². The quantitative estimate of drug-likeness (QED) is 0.832. The van der Waals surface area contributed by atoms with Crippen LogP contribution < -0.4 is 5.32 Å². The summed E-state index contributed by atoms with van der Waals surface area (Å²) in [5, 5.41) is 3.77. The van der Waals surface area contributed by atoms with E-state index in [1.165, 1.54) is 12.1 Å². The summed E-state index contributed by atoms with van der Waals surface area (Å²) in [6, 6.07) is 4.69. The van der Waals surface area contributed by atoms with Crippen molar-refractivity contribution < 1.29 is 9.13 Å². The molecule has 1 N–H and O–H groups in total. The summed E-state index contributed by atoms with van der Waals surface area (Å²) in [7, 11) is 1.66. The number of benzene rings is 1. The molecule has 0 amide bonds. The highest BCUT2D eigenvalue weighted by atomic mass is 35.5. The van der Waals surface area contributed by atoms with Crippen LogP contribution in [0.4, 0.5) is 4.39 Å². The van der Waals surface area contributed by atoms with Crippen LogP contribution in [0.2, 0.25) is 5.02 Å². The fourth-order valence-electron chi connectivity index (χ4n) is 1.63. The molecule has 0 aromatic heterocycles. The van der Waals surface area contributed by atoms with E-state index in [2.05, 4.69) is 5.32 Å². The maximum atomic E-state index is 12.9. The summed E-state index contributed by atoms with van der Waals surface area (Å²) in [6.07, 6.45) is 0.737. The zero-order valence-electron chi connectivity index (χ0n) is 9.59. The minimum Gasteiger partial charge on any atom is -0.383 e. The predicted molar refractivity (Wildman–Crippen MR) is 64.5 cm³/mol. The van der Waals surface area contributed by atoms with Crippen molar-refractivity contribution in [2.75, 3.05) is 20.3 Å². The third kappa shape index (κ3) is 4.08. The Morgan fingerprint density at radius 3 is 2.81 bits per heavy atom. The van der Waals surface area contributed by atoms with Gasteiger partial charge in [-0.15, -0.1) is 0 Å². The number of rotatable bonds is 6. The normalized spacial score (nSPS) is 12.8. The molecule has 0 heterocycles. The third-order valence-corrected chi connectivity index (χ3v) is 2.69. The SMILES string of the molecule is CCNC(COC)Cc1ccc(F)cc1Cl. The van der Waals surface area contributed by atoms with Crippen molar-refractivity contribution in [1.82, 2.24) is 5.32 Å². The zero-order chi connectivity index (χ0) is 12.0. The van der Waals surface area contributed by atoms with E-state index < -0.39 is 0 Å². The van der Waals surface area contributed by atoms with Crippen LogP contribution in [-0.2, 0) is 11.2 Å². The van der Waals surface area contributed by atoms with Crippen LogP contribution in [0.15, 0.2) is 18.2 Å². The van der Waals surface area contributed by atoms with Crippen molar-refractivity contribution in [2.45, 2.75) is 19.4 Å². The lowest BCUT2D eigenvalue weighted by Crippen LogP contribution is -2.35. The van der Waals surface area contributed by atoms with E-state index in [0.717, 1.165) is 18.5 Å². The Bertz CT molecular complexity index is 327. The van der Waals surface area contributed by atoms with Crippen molar-refractivity contribution in [3.63, 3.8) is 0 Å². The Kier molecular flexibility index (Phi) is 5.74. The molecule has 0 aliphatic rings. The lowest BCUT2D eigenvalue weighted by molar-refractivity contribution is 0.167. The molecule has 90 valence electrons. The van der Waals surface area contributed by atoms with Gasteiger partial charge in [0.2, 0.25) is 0 Å². The molecule has 0 fully saturated rings. The van der Waals surface area contributed by atoms with Crippen LogP contribution in [0.25, 0.3) is 0 Å². The second-order valence-electron chi connectivity index (χ2n) is 3.65. The number of likely N-dealkylation sites (N-methyl/N-ethyl adjacent to an activating group) is 1. The summed E-state index contributed by atoms with van der Waals surface area (Å²) in [6.45, 7) is 3.52. The maximum absolute atomic E-state index is 12.9. The van der Waals surface area contributed by atoms with Crippen LogP contribution in [0.1, 0.15) is 12.5 Å². The Morgan fingerprint density at radius 2 is 2.25 bits per heavy atom. The first kappa shape index (κ1) is 13.4. The monoisotopic (exact) mass is 245 g/mol. The van der Waals surface area contributed by atoms with Gasteiger partial charge < -0.3 is 10.1 Å². The number of hydrogen-bond donors (Lipinski definition) is 1. The molecule has 0 bridgehead atoms. The molecule has 0 aliphatic heterocycles. The highest BCUT2D eigenvalue weighted by Crippen LogP contribution is 2.18. The molecule has 16 heavy (non-hydrogen) atoms. The maximum Gasteiger partial charge on any atom is 0.124 e. The number of methoxy groups -OCH3 is 1. The topological polar surface area (TPSA) is 21.3 Å². The van der Waals surface area contributed by atoms with E-state index in [4.69, 9.17) is 16.3 Å². The van der Waals surface area contributed by atoms with E-state index >= 15 is 0 Å². The van der Waals surface area contributed by atoms with Gasteiger partial charge >= 0.3 is 0 Å². The Labute approximate surface area is 101 Å². The van der Waals surface area contributed by atoms with Gasteiger partial charge in [0.25, 0.3) is 0 Å². The minimum absolute atomic E-state index is 0.206. The van der Waals surface area contributed by atoms with Gasteiger partial charge in [0.05, 0.1) is 6.61 Å². The van der Waals surface area contributed by atoms with Crippen molar-refractivity contribution in [3.8, 4) is 0 Å². The van der Waals surface area contributed by atoms with Gasteiger partial charge in [0, 0.05) is 18.2 Å². The van der Waals surface area contributed by atoms with Crippen LogP contribution in [0.3, 0.4) is 0 Å². The fourth-order valence-corrected chi connectivity index (χ4v) is 1.88. The van der Waals surface area contributed by atoms with E-state index in [9.17, 15) is 4.39 Å². The van der Waals surface area contributed by atoms with Crippen molar-refractivity contribution >= 4 is 11.6 Å². The van der Waals surface area contributed by atoms with Crippen LogP contribution in [-0.4, -0.2) is 26.3 Å². The van der Waals surface area contributed by atoms with Crippen molar-refractivity contribution in [3.05, 3.63) is 34.6 Å². The fraction of sp³-hybridized carbons (Fsp3) is 0.500. The second-order valence-corrected chi connectivity index (χ2v) is 4.06.